The standard InChI is InChI=1S/C21H21BrN4OS/c1-27-14-13-26-20(19(24-21(26)28)17-5-2-3-11-23-17)18-6-4-12-25(18)16-9-7-15(22)8-10-16/h2-12,19-20H,13-14H2,1H3,(H,24,28)/t19-,20-/m1/s1. The molecule has 1 aliphatic heterocycles. The van der Waals surface area contributed by atoms with Gasteiger partial charge in [0.25, 0.3) is 0 Å². The van der Waals surface area contributed by atoms with Crippen molar-refractivity contribution in [1.29, 1.82) is 0 Å². The van der Waals surface area contributed by atoms with Crippen molar-refractivity contribution in [2.45, 2.75) is 12.1 Å². The first kappa shape index (κ1) is 19.1. The van der Waals surface area contributed by atoms with Gasteiger partial charge >= 0.3 is 0 Å². The first-order valence-electron chi connectivity index (χ1n) is 9.09. The van der Waals surface area contributed by atoms with E-state index in [1.807, 2.05) is 24.4 Å². The van der Waals surface area contributed by atoms with Crippen molar-refractivity contribution in [3.63, 3.8) is 0 Å². The summed E-state index contributed by atoms with van der Waals surface area (Å²) in [5, 5.41) is 4.20. The van der Waals surface area contributed by atoms with Crippen LogP contribution in [0.5, 0.6) is 0 Å². The molecule has 0 spiro atoms. The van der Waals surface area contributed by atoms with Crippen molar-refractivity contribution in [2.24, 2.45) is 0 Å². The number of hydrogen-bond donors (Lipinski definition) is 1. The molecule has 0 amide bonds. The molecule has 3 aromatic rings. The molecule has 5 nitrogen and oxygen atoms in total. The highest BCUT2D eigenvalue weighted by molar-refractivity contribution is 9.10. The first-order chi connectivity index (χ1) is 13.7. The minimum absolute atomic E-state index is 0.0104. The Kier molecular flexibility index (Phi) is 5.75. The largest absolute Gasteiger partial charge is 0.383 e. The molecule has 1 aliphatic rings. The summed E-state index contributed by atoms with van der Waals surface area (Å²) in [6.45, 7) is 1.31. The van der Waals surface area contributed by atoms with E-state index in [9.17, 15) is 0 Å². The molecule has 7 heteroatoms. The molecule has 1 aromatic carbocycles. The predicted molar refractivity (Wildman–Crippen MR) is 118 cm³/mol. The number of methoxy groups -OCH3 is 1. The number of aromatic nitrogens is 2. The van der Waals surface area contributed by atoms with E-state index in [2.05, 4.69) is 78.3 Å². The molecular formula is C21H21BrN4OS. The summed E-state index contributed by atoms with van der Waals surface area (Å²) >= 11 is 9.19. The third kappa shape index (κ3) is 3.70. The SMILES string of the molecule is COCCN1C(=S)N[C@H](c2ccccn2)[C@H]1c1cccn1-c1ccc(Br)cc1. The molecular weight excluding hydrogens is 436 g/mol. The fourth-order valence-corrected chi connectivity index (χ4v) is 4.23. The topological polar surface area (TPSA) is 42.3 Å². The number of benzene rings is 1. The Labute approximate surface area is 178 Å². The summed E-state index contributed by atoms with van der Waals surface area (Å²) in [5.74, 6) is 0. The molecule has 0 aliphatic carbocycles. The van der Waals surface area contributed by atoms with Crippen LogP contribution in [0.3, 0.4) is 0 Å². The van der Waals surface area contributed by atoms with Crippen molar-refractivity contribution < 1.29 is 4.74 Å². The number of halogens is 1. The lowest BCUT2D eigenvalue weighted by molar-refractivity contribution is 0.163. The van der Waals surface area contributed by atoms with Crippen LogP contribution >= 0.6 is 28.1 Å². The Morgan fingerprint density at radius 3 is 2.68 bits per heavy atom. The van der Waals surface area contributed by atoms with E-state index in [-0.39, 0.29) is 12.1 Å². The van der Waals surface area contributed by atoms with Gasteiger partial charge in [-0.15, -0.1) is 0 Å². The summed E-state index contributed by atoms with van der Waals surface area (Å²) < 4.78 is 8.60. The molecule has 4 rings (SSSR count). The summed E-state index contributed by atoms with van der Waals surface area (Å²) in [4.78, 5) is 6.79. The van der Waals surface area contributed by atoms with Gasteiger partial charge in [0.15, 0.2) is 5.11 Å². The Morgan fingerprint density at radius 1 is 1.14 bits per heavy atom. The van der Waals surface area contributed by atoms with Gasteiger partial charge in [0, 0.05) is 41.9 Å². The molecule has 0 unspecified atom stereocenters. The van der Waals surface area contributed by atoms with E-state index < -0.39 is 0 Å². The smallest absolute Gasteiger partial charge is 0.170 e. The summed E-state index contributed by atoms with van der Waals surface area (Å²) in [6, 6.07) is 18.5. The lowest BCUT2D eigenvalue weighted by atomic mass is 10.0. The Balaban J connectivity index is 1.78. The quantitative estimate of drug-likeness (QED) is 0.561. The van der Waals surface area contributed by atoms with Gasteiger partial charge in [0.05, 0.1) is 24.4 Å². The fourth-order valence-electron chi connectivity index (χ4n) is 3.63. The average Bonchev–Trinajstić information content (AvgIpc) is 3.32. The van der Waals surface area contributed by atoms with Crippen molar-refractivity contribution in [2.75, 3.05) is 20.3 Å². The van der Waals surface area contributed by atoms with Gasteiger partial charge in [-0.25, -0.2) is 0 Å². The van der Waals surface area contributed by atoms with Crippen LogP contribution in [0.25, 0.3) is 5.69 Å². The highest BCUT2D eigenvalue weighted by Crippen LogP contribution is 2.39. The van der Waals surface area contributed by atoms with Gasteiger partial charge < -0.3 is 19.5 Å². The maximum Gasteiger partial charge on any atom is 0.170 e. The number of rotatable bonds is 6. The van der Waals surface area contributed by atoms with Crippen LogP contribution in [0, 0.1) is 0 Å². The summed E-state index contributed by atoms with van der Waals surface area (Å²) in [6.07, 6.45) is 3.91. The van der Waals surface area contributed by atoms with Crippen LogP contribution < -0.4 is 5.32 Å². The number of nitrogens with zero attached hydrogens (tertiary/aromatic N) is 3. The molecule has 2 atom stereocenters. The van der Waals surface area contributed by atoms with Crippen LogP contribution in [0.4, 0.5) is 0 Å². The second-order valence-electron chi connectivity index (χ2n) is 6.59. The Bertz CT molecular complexity index is 945. The van der Waals surface area contributed by atoms with Crippen molar-refractivity contribution in [3.05, 3.63) is 82.9 Å². The van der Waals surface area contributed by atoms with Crippen LogP contribution in [-0.4, -0.2) is 39.8 Å². The highest BCUT2D eigenvalue weighted by Gasteiger charge is 2.40. The molecule has 0 bridgehead atoms. The third-order valence-electron chi connectivity index (χ3n) is 4.92. The van der Waals surface area contributed by atoms with E-state index in [4.69, 9.17) is 17.0 Å². The van der Waals surface area contributed by atoms with Gasteiger partial charge in [-0.2, -0.15) is 0 Å². The van der Waals surface area contributed by atoms with E-state index >= 15 is 0 Å². The van der Waals surface area contributed by atoms with Gasteiger partial charge in [-0.1, -0.05) is 22.0 Å². The molecule has 1 N–H and O–H groups in total. The number of nitrogens with one attached hydrogen (secondary N) is 1. The van der Waals surface area contributed by atoms with Gasteiger partial charge in [0.2, 0.25) is 0 Å². The maximum absolute atomic E-state index is 5.68. The molecule has 2 aromatic heterocycles. The maximum atomic E-state index is 5.68. The lowest BCUT2D eigenvalue weighted by Crippen LogP contribution is -2.33. The zero-order chi connectivity index (χ0) is 19.5. The second kappa shape index (κ2) is 8.43. The zero-order valence-corrected chi connectivity index (χ0v) is 17.9. The number of pyridine rings is 1. The van der Waals surface area contributed by atoms with Crippen LogP contribution in [0.15, 0.2) is 71.5 Å². The fraction of sp³-hybridized carbons (Fsp3) is 0.238. The number of ether oxygens (including phenoxy) is 1. The van der Waals surface area contributed by atoms with Crippen LogP contribution in [0.1, 0.15) is 23.5 Å². The second-order valence-corrected chi connectivity index (χ2v) is 7.89. The number of thiocarbonyl (C=S) groups is 1. The minimum atomic E-state index is -0.0327. The Hall–Kier alpha value is -2.22. The van der Waals surface area contributed by atoms with Gasteiger partial charge in [0.1, 0.15) is 0 Å². The minimum Gasteiger partial charge on any atom is -0.383 e. The van der Waals surface area contributed by atoms with E-state index in [0.29, 0.717) is 13.2 Å². The Morgan fingerprint density at radius 2 is 1.96 bits per heavy atom. The zero-order valence-electron chi connectivity index (χ0n) is 15.5. The average molecular weight is 457 g/mol. The van der Waals surface area contributed by atoms with E-state index in [1.165, 1.54) is 0 Å². The van der Waals surface area contributed by atoms with Crippen molar-refractivity contribution >= 4 is 33.3 Å². The van der Waals surface area contributed by atoms with Gasteiger partial charge in [-0.3, -0.25) is 4.98 Å². The predicted octanol–water partition coefficient (Wildman–Crippen LogP) is 4.25. The highest BCUT2D eigenvalue weighted by atomic mass is 79.9. The molecule has 0 radical (unpaired) electrons. The monoisotopic (exact) mass is 456 g/mol. The lowest BCUT2D eigenvalue weighted by Gasteiger charge is -2.28. The molecule has 144 valence electrons. The first-order valence-corrected chi connectivity index (χ1v) is 10.3. The van der Waals surface area contributed by atoms with Crippen molar-refractivity contribution in [1.82, 2.24) is 19.8 Å². The molecule has 28 heavy (non-hydrogen) atoms. The molecule has 1 saturated heterocycles. The third-order valence-corrected chi connectivity index (χ3v) is 5.80. The molecule has 1 fully saturated rings. The van der Waals surface area contributed by atoms with E-state index in [1.54, 1.807) is 7.11 Å². The van der Waals surface area contributed by atoms with Crippen LogP contribution in [-0.2, 0) is 4.74 Å². The van der Waals surface area contributed by atoms with Crippen molar-refractivity contribution in [3.8, 4) is 5.69 Å². The summed E-state index contributed by atoms with van der Waals surface area (Å²) in [7, 11) is 1.71. The normalized spacial score (nSPS) is 19.1. The molecule has 3 heterocycles. The van der Waals surface area contributed by atoms with E-state index in [0.717, 1.165) is 26.7 Å². The van der Waals surface area contributed by atoms with Crippen LogP contribution in [0.2, 0.25) is 0 Å². The number of hydrogen-bond acceptors (Lipinski definition) is 3. The molecule has 0 saturated carbocycles. The van der Waals surface area contributed by atoms with Gasteiger partial charge in [-0.05, 0) is 60.7 Å². The summed E-state index contributed by atoms with van der Waals surface area (Å²) in [5.41, 5.74) is 3.23.